The molecular formula is C10H8FN5. The number of fused-ring (bicyclic) bond motifs is 1. The number of rotatable bonds is 1. The molecule has 2 aromatic heterocycles. The molecule has 1 aromatic carbocycles. The second-order valence-corrected chi connectivity index (χ2v) is 3.55. The maximum atomic E-state index is 13.8. The first-order chi connectivity index (χ1) is 7.75. The molecule has 0 amide bonds. The molecule has 80 valence electrons. The average Bonchev–Trinajstić information content (AvgIpc) is 2.87. The molecule has 0 aliphatic heterocycles. The maximum absolute atomic E-state index is 13.8. The smallest absolute Gasteiger partial charge is 0.149 e. The molecular weight excluding hydrogens is 209 g/mol. The van der Waals surface area contributed by atoms with Crippen molar-refractivity contribution in [1.82, 2.24) is 24.8 Å². The van der Waals surface area contributed by atoms with E-state index in [4.69, 9.17) is 0 Å². The number of benzene rings is 1. The molecule has 16 heavy (non-hydrogen) atoms. The molecule has 5 nitrogen and oxygen atoms in total. The van der Waals surface area contributed by atoms with Crippen molar-refractivity contribution in [1.29, 1.82) is 0 Å². The lowest BCUT2D eigenvalue weighted by Crippen LogP contribution is -1.97. The van der Waals surface area contributed by atoms with E-state index in [0.717, 1.165) is 5.39 Å². The Labute approximate surface area is 90.1 Å². The highest BCUT2D eigenvalue weighted by Gasteiger charge is 2.08. The van der Waals surface area contributed by atoms with Crippen LogP contribution in [0.4, 0.5) is 4.39 Å². The van der Waals surface area contributed by atoms with Crippen LogP contribution in [-0.4, -0.2) is 24.8 Å². The molecule has 0 unspecified atom stereocenters. The molecule has 0 spiro atoms. The van der Waals surface area contributed by atoms with Gasteiger partial charge in [0.2, 0.25) is 0 Å². The molecule has 0 fully saturated rings. The number of nitrogens with zero attached hydrogens (tertiary/aromatic N) is 5. The van der Waals surface area contributed by atoms with E-state index in [2.05, 4.69) is 15.5 Å². The van der Waals surface area contributed by atoms with Crippen LogP contribution in [0.1, 0.15) is 0 Å². The Morgan fingerprint density at radius 3 is 2.94 bits per heavy atom. The number of aryl methyl sites for hydroxylation is 1. The Bertz CT molecular complexity index is 641. The van der Waals surface area contributed by atoms with Gasteiger partial charge >= 0.3 is 0 Å². The van der Waals surface area contributed by atoms with E-state index < -0.39 is 0 Å². The SMILES string of the molecule is Cn1ccc2cc(-n3cnnn3)cc(F)c21. The molecule has 3 aromatic rings. The summed E-state index contributed by atoms with van der Waals surface area (Å²) in [5.41, 5.74) is 1.19. The van der Waals surface area contributed by atoms with Crippen molar-refractivity contribution in [3.8, 4) is 5.69 Å². The average molecular weight is 217 g/mol. The van der Waals surface area contributed by atoms with Crippen LogP contribution in [0, 0.1) is 5.82 Å². The fourth-order valence-electron chi connectivity index (χ4n) is 1.78. The van der Waals surface area contributed by atoms with Crippen molar-refractivity contribution >= 4 is 10.9 Å². The molecule has 0 N–H and O–H groups in total. The highest BCUT2D eigenvalue weighted by atomic mass is 19.1. The van der Waals surface area contributed by atoms with Crippen molar-refractivity contribution in [2.45, 2.75) is 0 Å². The van der Waals surface area contributed by atoms with E-state index in [-0.39, 0.29) is 5.82 Å². The standard InChI is InChI=1S/C10H8FN5/c1-15-3-2-7-4-8(5-9(11)10(7)15)16-6-12-13-14-16/h2-6H,1H3. The van der Waals surface area contributed by atoms with Crippen LogP contribution >= 0.6 is 0 Å². The lowest BCUT2D eigenvalue weighted by Gasteiger charge is -2.02. The molecule has 0 saturated heterocycles. The van der Waals surface area contributed by atoms with Gasteiger partial charge < -0.3 is 4.57 Å². The van der Waals surface area contributed by atoms with Crippen LogP contribution in [0.5, 0.6) is 0 Å². The fraction of sp³-hybridized carbons (Fsp3) is 0.100. The van der Waals surface area contributed by atoms with Crippen molar-refractivity contribution in [2.24, 2.45) is 7.05 Å². The zero-order valence-corrected chi connectivity index (χ0v) is 8.50. The van der Waals surface area contributed by atoms with Gasteiger partial charge in [0.25, 0.3) is 0 Å². The fourth-order valence-corrected chi connectivity index (χ4v) is 1.78. The Morgan fingerprint density at radius 1 is 1.31 bits per heavy atom. The number of hydrogen-bond acceptors (Lipinski definition) is 3. The van der Waals surface area contributed by atoms with Crippen LogP contribution in [0.15, 0.2) is 30.7 Å². The Hall–Kier alpha value is -2.24. The third kappa shape index (κ3) is 1.19. The Morgan fingerprint density at radius 2 is 2.19 bits per heavy atom. The van der Waals surface area contributed by atoms with Gasteiger partial charge in [0.05, 0.1) is 11.2 Å². The monoisotopic (exact) mass is 217 g/mol. The summed E-state index contributed by atoms with van der Waals surface area (Å²) < 4.78 is 17.0. The third-order valence-corrected chi connectivity index (χ3v) is 2.52. The predicted octanol–water partition coefficient (Wildman–Crippen LogP) is 1.29. The minimum absolute atomic E-state index is 0.282. The Kier molecular flexibility index (Phi) is 1.76. The molecule has 6 heteroatoms. The summed E-state index contributed by atoms with van der Waals surface area (Å²) >= 11 is 0. The predicted molar refractivity (Wildman–Crippen MR) is 55.6 cm³/mol. The molecule has 2 heterocycles. The zero-order chi connectivity index (χ0) is 11.1. The van der Waals surface area contributed by atoms with Crippen molar-refractivity contribution in [2.75, 3.05) is 0 Å². The topological polar surface area (TPSA) is 48.5 Å². The molecule has 0 aliphatic rings. The van der Waals surface area contributed by atoms with Crippen LogP contribution in [-0.2, 0) is 7.05 Å². The summed E-state index contributed by atoms with van der Waals surface area (Å²) in [5.74, 6) is -0.282. The quantitative estimate of drug-likeness (QED) is 0.617. The Balaban J connectivity index is 2.30. The van der Waals surface area contributed by atoms with Gasteiger partial charge in [-0.15, -0.1) is 5.10 Å². The third-order valence-electron chi connectivity index (χ3n) is 2.52. The van der Waals surface area contributed by atoms with E-state index in [0.29, 0.717) is 11.2 Å². The molecule has 0 atom stereocenters. The van der Waals surface area contributed by atoms with Gasteiger partial charge in [0, 0.05) is 24.7 Å². The molecule has 0 saturated carbocycles. The minimum atomic E-state index is -0.282. The van der Waals surface area contributed by atoms with E-state index in [1.165, 1.54) is 17.1 Å². The van der Waals surface area contributed by atoms with E-state index in [1.807, 2.05) is 25.4 Å². The highest BCUT2D eigenvalue weighted by Crippen LogP contribution is 2.22. The largest absolute Gasteiger partial charge is 0.348 e. The summed E-state index contributed by atoms with van der Waals surface area (Å²) in [6, 6.07) is 5.11. The summed E-state index contributed by atoms with van der Waals surface area (Å²) in [7, 11) is 1.81. The van der Waals surface area contributed by atoms with Crippen LogP contribution in [0.3, 0.4) is 0 Å². The van der Waals surface area contributed by atoms with Crippen LogP contribution < -0.4 is 0 Å². The second kappa shape index (κ2) is 3.13. The maximum Gasteiger partial charge on any atom is 0.149 e. The summed E-state index contributed by atoms with van der Waals surface area (Å²) in [6.45, 7) is 0. The van der Waals surface area contributed by atoms with E-state index in [1.54, 1.807) is 4.57 Å². The zero-order valence-electron chi connectivity index (χ0n) is 8.50. The molecule has 0 radical (unpaired) electrons. The van der Waals surface area contributed by atoms with Crippen molar-refractivity contribution < 1.29 is 4.39 Å². The summed E-state index contributed by atoms with van der Waals surface area (Å²) in [6.07, 6.45) is 3.25. The minimum Gasteiger partial charge on any atom is -0.348 e. The molecule has 3 rings (SSSR count). The molecule has 0 bridgehead atoms. The van der Waals surface area contributed by atoms with Gasteiger partial charge in [-0.3, -0.25) is 0 Å². The second-order valence-electron chi connectivity index (χ2n) is 3.55. The van der Waals surface area contributed by atoms with Gasteiger partial charge in [-0.25, -0.2) is 9.07 Å². The highest BCUT2D eigenvalue weighted by molar-refractivity contribution is 5.82. The number of tetrazole rings is 1. The van der Waals surface area contributed by atoms with Gasteiger partial charge in [-0.05, 0) is 22.6 Å². The van der Waals surface area contributed by atoms with Crippen molar-refractivity contribution in [3.05, 3.63) is 36.5 Å². The number of halogens is 1. The first-order valence-corrected chi connectivity index (χ1v) is 4.73. The van der Waals surface area contributed by atoms with Crippen LogP contribution in [0.25, 0.3) is 16.6 Å². The van der Waals surface area contributed by atoms with Gasteiger partial charge in [0.15, 0.2) is 0 Å². The van der Waals surface area contributed by atoms with Gasteiger partial charge in [-0.1, -0.05) is 0 Å². The summed E-state index contributed by atoms with van der Waals surface area (Å²) in [4.78, 5) is 0. The van der Waals surface area contributed by atoms with Crippen molar-refractivity contribution in [3.63, 3.8) is 0 Å². The van der Waals surface area contributed by atoms with Gasteiger partial charge in [0.1, 0.15) is 12.1 Å². The van der Waals surface area contributed by atoms with Crippen LogP contribution in [0.2, 0.25) is 0 Å². The lowest BCUT2D eigenvalue weighted by molar-refractivity contribution is 0.629. The lowest BCUT2D eigenvalue weighted by atomic mass is 10.2. The number of hydrogen-bond donors (Lipinski definition) is 0. The normalized spacial score (nSPS) is 11.1. The van der Waals surface area contributed by atoms with Gasteiger partial charge in [-0.2, -0.15) is 0 Å². The first kappa shape index (κ1) is 9.02. The summed E-state index contributed by atoms with van der Waals surface area (Å²) in [5, 5.41) is 11.6. The van der Waals surface area contributed by atoms with E-state index >= 15 is 0 Å². The number of aromatic nitrogens is 5. The first-order valence-electron chi connectivity index (χ1n) is 4.73. The van der Waals surface area contributed by atoms with E-state index in [9.17, 15) is 4.39 Å². The molecule has 0 aliphatic carbocycles.